The fraction of sp³-hybridized carbons (Fsp3) is 0.476. The lowest BCUT2D eigenvalue weighted by Gasteiger charge is -2.50. The number of amides is 1. The monoisotopic (exact) mass is 544 g/mol. The van der Waals surface area contributed by atoms with Gasteiger partial charge in [0.1, 0.15) is 21.5 Å². The van der Waals surface area contributed by atoms with Gasteiger partial charge in [-0.1, -0.05) is 17.7 Å². The smallest absolute Gasteiger partial charge is 0.519 e. The molecule has 0 saturated carbocycles. The Hall–Kier alpha value is -2.85. The maximum absolute atomic E-state index is 13.7. The first-order valence-corrected chi connectivity index (χ1v) is 13.6. The third-order valence-electron chi connectivity index (χ3n) is 7.06. The molecule has 36 heavy (non-hydrogen) atoms. The zero-order chi connectivity index (χ0) is 27.0. The van der Waals surface area contributed by atoms with E-state index in [1.54, 1.807) is 6.92 Å². The molecule has 1 aromatic carbocycles. The number of sulfone groups is 1. The van der Waals surface area contributed by atoms with Crippen LogP contribution < -0.4 is 11.6 Å². The Morgan fingerprint density at radius 2 is 1.86 bits per heavy atom. The first-order valence-electron chi connectivity index (χ1n) is 10.7. The van der Waals surface area contributed by atoms with Crippen LogP contribution in [0.4, 0.5) is 0 Å². The molecule has 0 bridgehead atoms. The van der Waals surface area contributed by atoms with Crippen LogP contribution in [0.25, 0.3) is 0 Å². The van der Waals surface area contributed by atoms with Crippen molar-refractivity contribution in [2.24, 2.45) is 5.73 Å². The van der Waals surface area contributed by atoms with Gasteiger partial charge in [-0.15, -0.1) is 0 Å². The maximum Gasteiger partial charge on any atom is 0.519 e. The number of aryl methyl sites for hydroxylation is 2. The van der Waals surface area contributed by atoms with E-state index in [1.165, 1.54) is 32.9 Å². The Kier molecular flexibility index (Phi) is 5.88. The van der Waals surface area contributed by atoms with Gasteiger partial charge in [-0.25, -0.2) is 35.7 Å². The lowest BCUT2D eigenvalue weighted by atomic mass is 9.82. The van der Waals surface area contributed by atoms with Crippen LogP contribution >= 0.6 is 0 Å². The molecule has 13 nitrogen and oxygen atoms in total. The van der Waals surface area contributed by atoms with E-state index in [0.717, 1.165) is 6.07 Å². The van der Waals surface area contributed by atoms with Crippen LogP contribution in [0.5, 0.6) is 0 Å². The Balaban J connectivity index is 1.81. The molecule has 1 aromatic heterocycles. The van der Waals surface area contributed by atoms with Crippen molar-refractivity contribution in [3.63, 3.8) is 0 Å². The van der Waals surface area contributed by atoms with E-state index in [4.69, 9.17) is 19.3 Å². The molecule has 2 aliphatic rings. The average Bonchev–Trinajstić information content (AvgIpc) is 3.13. The minimum atomic E-state index is -5.06. The number of rotatable bonds is 6. The summed E-state index contributed by atoms with van der Waals surface area (Å²) in [6.07, 6.45) is 0. The second-order valence-corrected chi connectivity index (χ2v) is 13.4. The van der Waals surface area contributed by atoms with E-state index in [-0.39, 0.29) is 17.1 Å². The summed E-state index contributed by atoms with van der Waals surface area (Å²) in [5.74, 6) is -4.52. The number of benzene rings is 1. The number of esters is 1. The first-order chi connectivity index (χ1) is 16.5. The van der Waals surface area contributed by atoms with Gasteiger partial charge in [0.15, 0.2) is 24.0 Å². The summed E-state index contributed by atoms with van der Waals surface area (Å²) in [4.78, 5) is 37.5. The van der Waals surface area contributed by atoms with Gasteiger partial charge in [0.2, 0.25) is 21.3 Å². The molecule has 0 radical (unpaired) electrons. The zero-order valence-electron chi connectivity index (χ0n) is 19.7. The van der Waals surface area contributed by atoms with Gasteiger partial charge >= 0.3 is 17.7 Å². The summed E-state index contributed by atoms with van der Waals surface area (Å²) in [5, 5.41) is -1.63. The number of hydrogen-bond donors (Lipinski definition) is 1. The van der Waals surface area contributed by atoms with Crippen molar-refractivity contribution >= 4 is 31.8 Å². The van der Waals surface area contributed by atoms with E-state index < -0.39 is 82.4 Å². The lowest BCUT2D eigenvalue weighted by Crippen LogP contribution is -2.78. The molecule has 4 atom stereocenters. The van der Waals surface area contributed by atoms with Crippen LogP contribution in [0, 0.1) is 13.8 Å². The molecule has 15 heteroatoms. The van der Waals surface area contributed by atoms with Crippen molar-refractivity contribution in [2.45, 2.75) is 61.3 Å². The van der Waals surface area contributed by atoms with Crippen molar-refractivity contribution in [1.82, 2.24) is 0 Å². The molecule has 3 heterocycles. The minimum absolute atomic E-state index is 0.0533. The molecule has 2 fully saturated rings. The highest BCUT2D eigenvalue weighted by molar-refractivity contribution is 7.93. The number of ether oxygens (including phenoxy) is 1. The predicted molar refractivity (Wildman–Crippen MR) is 119 cm³/mol. The van der Waals surface area contributed by atoms with E-state index in [1.807, 2.05) is 0 Å². The minimum Gasteiger partial charge on any atom is -0.744 e. The van der Waals surface area contributed by atoms with Crippen LogP contribution in [-0.4, -0.2) is 60.6 Å². The van der Waals surface area contributed by atoms with Crippen LogP contribution in [0.15, 0.2) is 36.7 Å². The fourth-order valence-corrected chi connectivity index (χ4v) is 8.69. The summed E-state index contributed by atoms with van der Waals surface area (Å²) in [5.41, 5.74) is 6.16. The molecule has 2 aliphatic heterocycles. The van der Waals surface area contributed by atoms with Gasteiger partial charge in [-0.2, -0.15) is 0 Å². The second kappa shape index (κ2) is 8.08. The molecular formula is C21H24N2O11S2. The molecule has 0 aliphatic carbocycles. The summed E-state index contributed by atoms with van der Waals surface area (Å²) in [6.45, 7) is 4.31. The molecule has 2 N–H and O–H groups in total. The summed E-state index contributed by atoms with van der Waals surface area (Å²) in [6, 6.07) is 2.04. The highest BCUT2D eigenvalue weighted by Crippen LogP contribution is 2.58. The number of carbonyl (C=O) groups excluding carboxylic acids is 2. The topological polar surface area (TPSA) is 204 Å². The Morgan fingerprint density at radius 3 is 2.39 bits per heavy atom. The van der Waals surface area contributed by atoms with Gasteiger partial charge < -0.3 is 18.1 Å². The number of carbonyl (C=O) groups is 2. The second-order valence-electron chi connectivity index (χ2n) is 9.41. The van der Waals surface area contributed by atoms with Gasteiger partial charge in [-0.05, 0) is 39.3 Å². The Morgan fingerprint density at radius 1 is 1.22 bits per heavy atom. The number of quaternary nitrogens is 1. The van der Waals surface area contributed by atoms with Crippen LogP contribution in [0.1, 0.15) is 42.4 Å². The van der Waals surface area contributed by atoms with Gasteiger partial charge in [-0.3, -0.25) is 5.73 Å². The van der Waals surface area contributed by atoms with Crippen molar-refractivity contribution in [3.8, 4) is 0 Å². The Bertz CT molecular complexity index is 1550. The molecule has 2 aromatic rings. The first kappa shape index (κ1) is 26.2. The molecule has 2 saturated heterocycles. The van der Waals surface area contributed by atoms with Crippen LogP contribution in [0.3, 0.4) is 0 Å². The maximum atomic E-state index is 13.7. The number of fused-ring (bicyclic) bond motifs is 1. The van der Waals surface area contributed by atoms with E-state index >= 15 is 0 Å². The average molecular weight is 545 g/mol. The molecule has 1 unspecified atom stereocenters. The summed E-state index contributed by atoms with van der Waals surface area (Å²) < 4.78 is 75.0. The summed E-state index contributed by atoms with van der Waals surface area (Å²) >= 11 is 0. The zero-order valence-corrected chi connectivity index (χ0v) is 21.3. The molecular weight excluding hydrogens is 520 g/mol. The fourth-order valence-electron chi connectivity index (χ4n) is 5.33. The van der Waals surface area contributed by atoms with E-state index in [0.29, 0.717) is 5.56 Å². The van der Waals surface area contributed by atoms with Gasteiger partial charge in [0.25, 0.3) is 0 Å². The van der Waals surface area contributed by atoms with E-state index in [9.17, 15) is 35.8 Å². The third-order valence-corrected chi connectivity index (χ3v) is 10.9. The molecule has 4 rings (SSSR count). The van der Waals surface area contributed by atoms with Gasteiger partial charge in [0, 0.05) is 0 Å². The van der Waals surface area contributed by atoms with Crippen LogP contribution in [0.2, 0.25) is 0 Å². The summed E-state index contributed by atoms with van der Waals surface area (Å²) in [7, 11) is -9.40. The normalized spacial score (nSPS) is 28.4. The van der Waals surface area contributed by atoms with Crippen molar-refractivity contribution in [2.75, 3.05) is 6.67 Å². The number of nitrogens with zero attached hydrogens (tertiary/aromatic N) is 1. The van der Waals surface area contributed by atoms with Crippen molar-refractivity contribution in [3.05, 3.63) is 51.5 Å². The standard InChI is InChI=1S/C21H24N2O11S2/c1-10-5-6-14(36(29,30)31)12(7-10)15-17(24)23(9-22)16(21(3,4)35(27,28)18(15)23)19(25)32-8-13-11(2)33-20(26)34-13/h5-7,15-16,18H,8-9,22H2,1-4H3/t15-,16+,18-,23?/m1/s1. The molecule has 1 amide bonds. The van der Waals surface area contributed by atoms with Crippen molar-refractivity contribution < 1.29 is 49.0 Å². The number of β-lactam (4-membered cyclic amide) rings is 1. The number of nitrogens with two attached hydrogens (primary N) is 1. The molecule has 196 valence electrons. The van der Waals surface area contributed by atoms with E-state index in [2.05, 4.69) is 0 Å². The van der Waals surface area contributed by atoms with Crippen LogP contribution in [-0.2, 0) is 40.9 Å². The molecule has 0 spiro atoms. The third kappa shape index (κ3) is 3.41. The quantitative estimate of drug-likeness (QED) is 0.216. The van der Waals surface area contributed by atoms with Crippen molar-refractivity contribution in [1.29, 1.82) is 0 Å². The highest BCUT2D eigenvalue weighted by Gasteiger charge is 2.84. The largest absolute Gasteiger partial charge is 0.744 e. The Labute approximate surface area is 206 Å². The number of hydrogen-bond acceptors (Lipinski definition) is 12. The lowest BCUT2D eigenvalue weighted by molar-refractivity contribution is -0.905. The van der Waals surface area contributed by atoms with Gasteiger partial charge in [0.05, 0.1) is 4.90 Å². The predicted octanol–water partition coefficient (Wildman–Crippen LogP) is -0.244. The highest BCUT2D eigenvalue weighted by atomic mass is 32.2. The SMILES string of the molecule is Cc1ccc(S(=O)(=O)[O-])c([C@@H]2C(=O)[N+]3(CN)[C@@H]2S(=O)(=O)C(C)(C)[C@@H]3C(=O)OCc2oc(=O)oc2C)c1.